The largest absolute Gasteiger partial charge is 0.294 e. The standard InChI is InChI=1S/C33H36O/c1-2-9-30(28-12-7-4-8-13-28)33-31-23-25(16-19-29(31)20-21-32(33)34)22-24-14-17-27(18-15-24)26-10-5-3-6-11-26/h4,7-8,12-21,23,26,30,33H,2-3,5-6,9-11,22H2,1H3. The van der Waals surface area contributed by atoms with Crippen LogP contribution in [0.4, 0.5) is 0 Å². The summed E-state index contributed by atoms with van der Waals surface area (Å²) in [6.45, 7) is 2.22. The molecule has 1 saturated carbocycles. The van der Waals surface area contributed by atoms with Crippen LogP contribution in [0.25, 0.3) is 6.08 Å². The van der Waals surface area contributed by atoms with Crippen molar-refractivity contribution in [1.29, 1.82) is 0 Å². The monoisotopic (exact) mass is 448 g/mol. The molecule has 0 radical (unpaired) electrons. The number of rotatable bonds is 7. The molecule has 5 rings (SSSR count). The van der Waals surface area contributed by atoms with E-state index in [0.717, 1.165) is 25.2 Å². The molecule has 1 nitrogen and oxygen atoms in total. The van der Waals surface area contributed by atoms with Crippen LogP contribution >= 0.6 is 0 Å². The van der Waals surface area contributed by atoms with E-state index >= 15 is 0 Å². The summed E-state index contributed by atoms with van der Waals surface area (Å²) in [7, 11) is 0. The van der Waals surface area contributed by atoms with Crippen LogP contribution in [0.5, 0.6) is 0 Å². The zero-order chi connectivity index (χ0) is 23.3. The van der Waals surface area contributed by atoms with Gasteiger partial charge in [-0.3, -0.25) is 4.79 Å². The van der Waals surface area contributed by atoms with Gasteiger partial charge in [-0.15, -0.1) is 0 Å². The van der Waals surface area contributed by atoms with Gasteiger partial charge in [-0.25, -0.2) is 0 Å². The molecular formula is C33H36O. The SMILES string of the molecule is CCCC(c1ccccc1)C1C(=O)C=Cc2ccc(Cc3ccc(C4CCCCC4)cc3)cc21. The Balaban J connectivity index is 1.41. The minimum atomic E-state index is -0.101. The van der Waals surface area contributed by atoms with E-state index < -0.39 is 0 Å². The lowest BCUT2D eigenvalue weighted by atomic mass is 9.72. The van der Waals surface area contributed by atoms with E-state index in [9.17, 15) is 4.79 Å². The molecule has 1 heteroatoms. The number of fused-ring (bicyclic) bond motifs is 1. The molecule has 3 aromatic carbocycles. The van der Waals surface area contributed by atoms with Crippen molar-refractivity contribution >= 4 is 11.9 Å². The van der Waals surface area contributed by atoms with Crippen molar-refractivity contribution in [2.75, 3.05) is 0 Å². The number of benzene rings is 3. The zero-order valence-corrected chi connectivity index (χ0v) is 20.4. The Morgan fingerprint density at radius 1 is 0.824 bits per heavy atom. The van der Waals surface area contributed by atoms with Crippen LogP contribution in [0.15, 0.2) is 78.9 Å². The van der Waals surface area contributed by atoms with Gasteiger partial charge < -0.3 is 0 Å². The molecule has 0 bridgehead atoms. The van der Waals surface area contributed by atoms with Crippen molar-refractivity contribution in [2.24, 2.45) is 0 Å². The molecule has 2 atom stereocenters. The average Bonchev–Trinajstić information content (AvgIpc) is 2.89. The Kier molecular flexibility index (Phi) is 7.09. The summed E-state index contributed by atoms with van der Waals surface area (Å²) in [5.74, 6) is 1.10. The van der Waals surface area contributed by atoms with Crippen molar-refractivity contribution in [2.45, 2.75) is 76.0 Å². The molecule has 0 spiro atoms. The number of allylic oxidation sites excluding steroid dienone is 1. The van der Waals surface area contributed by atoms with E-state index in [1.807, 2.05) is 6.08 Å². The van der Waals surface area contributed by atoms with E-state index in [1.165, 1.54) is 65.5 Å². The average molecular weight is 449 g/mol. The molecule has 0 aliphatic heterocycles. The van der Waals surface area contributed by atoms with E-state index in [-0.39, 0.29) is 17.6 Å². The second-order valence-electron chi connectivity index (χ2n) is 10.2. The van der Waals surface area contributed by atoms with Crippen molar-refractivity contribution in [3.8, 4) is 0 Å². The number of carbonyl (C=O) groups excluding carboxylic acids is 1. The molecule has 2 aliphatic rings. The third-order valence-electron chi connectivity index (χ3n) is 7.91. The Labute approximate surface area is 204 Å². The lowest BCUT2D eigenvalue weighted by molar-refractivity contribution is -0.116. The van der Waals surface area contributed by atoms with Gasteiger partial charge in [0, 0.05) is 0 Å². The van der Waals surface area contributed by atoms with Crippen molar-refractivity contribution < 1.29 is 4.79 Å². The van der Waals surface area contributed by atoms with Gasteiger partial charge in [-0.2, -0.15) is 0 Å². The van der Waals surface area contributed by atoms with Gasteiger partial charge in [0.1, 0.15) is 0 Å². The molecule has 174 valence electrons. The number of hydrogen-bond acceptors (Lipinski definition) is 1. The Morgan fingerprint density at radius 2 is 1.56 bits per heavy atom. The van der Waals surface area contributed by atoms with Gasteiger partial charge >= 0.3 is 0 Å². The summed E-state index contributed by atoms with van der Waals surface area (Å²) < 4.78 is 0. The Hall–Kier alpha value is -2.93. The van der Waals surface area contributed by atoms with Crippen LogP contribution in [0, 0.1) is 0 Å². The fourth-order valence-corrected chi connectivity index (χ4v) is 6.12. The van der Waals surface area contributed by atoms with E-state index in [0.29, 0.717) is 0 Å². The highest BCUT2D eigenvalue weighted by Gasteiger charge is 2.32. The lowest BCUT2D eigenvalue weighted by Crippen LogP contribution is -2.22. The summed E-state index contributed by atoms with van der Waals surface area (Å²) in [4.78, 5) is 13.2. The van der Waals surface area contributed by atoms with Crippen molar-refractivity contribution in [3.63, 3.8) is 0 Å². The quantitative estimate of drug-likeness (QED) is 0.354. The van der Waals surface area contributed by atoms with Gasteiger partial charge in [0.2, 0.25) is 0 Å². The van der Waals surface area contributed by atoms with Gasteiger partial charge in [0.15, 0.2) is 5.78 Å². The summed E-state index contributed by atoms with van der Waals surface area (Å²) in [6, 6.07) is 26.7. The molecule has 1 fully saturated rings. The molecule has 0 saturated heterocycles. The third-order valence-corrected chi connectivity index (χ3v) is 7.91. The second-order valence-corrected chi connectivity index (χ2v) is 10.2. The maximum Gasteiger partial charge on any atom is 0.163 e. The summed E-state index contributed by atoms with van der Waals surface area (Å²) in [5, 5.41) is 0. The normalized spacial score (nSPS) is 19.1. The molecule has 3 aromatic rings. The Bertz CT molecular complexity index is 1130. The lowest BCUT2D eigenvalue weighted by Gasteiger charge is -2.30. The molecule has 2 aliphatic carbocycles. The first-order valence-corrected chi connectivity index (χ1v) is 13.2. The van der Waals surface area contributed by atoms with E-state index in [2.05, 4.69) is 79.7 Å². The number of ketones is 1. The molecule has 0 aromatic heterocycles. The highest BCUT2D eigenvalue weighted by atomic mass is 16.1. The molecule has 2 unspecified atom stereocenters. The van der Waals surface area contributed by atoms with Gasteiger partial charge in [0.05, 0.1) is 5.92 Å². The molecule has 34 heavy (non-hydrogen) atoms. The van der Waals surface area contributed by atoms with Crippen LogP contribution in [-0.4, -0.2) is 5.78 Å². The summed E-state index contributed by atoms with van der Waals surface area (Å²) in [5.41, 5.74) is 7.81. The predicted molar refractivity (Wildman–Crippen MR) is 142 cm³/mol. The first-order valence-electron chi connectivity index (χ1n) is 13.2. The third kappa shape index (κ3) is 4.94. The van der Waals surface area contributed by atoms with Crippen LogP contribution in [0.3, 0.4) is 0 Å². The summed E-state index contributed by atoms with van der Waals surface area (Å²) >= 11 is 0. The maximum atomic E-state index is 13.2. The molecule has 0 amide bonds. The molecule has 0 N–H and O–H groups in total. The van der Waals surface area contributed by atoms with Gasteiger partial charge in [-0.05, 0) is 77.0 Å². The van der Waals surface area contributed by atoms with Gasteiger partial charge in [0.25, 0.3) is 0 Å². The first-order chi connectivity index (χ1) is 16.7. The highest BCUT2D eigenvalue weighted by molar-refractivity contribution is 6.02. The van der Waals surface area contributed by atoms with E-state index in [1.54, 1.807) is 6.08 Å². The van der Waals surface area contributed by atoms with Crippen LogP contribution in [0.1, 0.15) is 103 Å². The fraction of sp³-hybridized carbons (Fsp3) is 0.364. The fourth-order valence-electron chi connectivity index (χ4n) is 6.12. The number of hydrogen-bond donors (Lipinski definition) is 0. The van der Waals surface area contributed by atoms with Crippen molar-refractivity contribution in [1.82, 2.24) is 0 Å². The minimum absolute atomic E-state index is 0.101. The second kappa shape index (κ2) is 10.6. The van der Waals surface area contributed by atoms with Crippen LogP contribution < -0.4 is 0 Å². The minimum Gasteiger partial charge on any atom is -0.294 e. The van der Waals surface area contributed by atoms with Crippen molar-refractivity contribution in [3.05, 3.63) is 112 Å². The summed E-state index contributed by atoms with van der Waals surface area (Å²) in [6.07, 6.45) is 13.6. The zero-order valence-electron chi connectivity index (χ0n) is 20.4. The smallest absolute Gasteiger partial charge is 0.163 e. The highest BCUT2D eigenvalue weighted by Crippen LogP contribution is 2.42. The number of carbonyl (C=O) groups is 1. The maximum absolute atomic E-state index is 13.2. The van der Waals surface area contributed by atoms with E-state index in [4.69, 9.17) is 0 Å². The van der Waals surface area contributed by atoms with Crippen LogP contribution in [-0.2, 0) is 11.2 Å². The Morgan fingerprint density at radius 3 is 2.29 bits per heavy atom. The molecule has 0 heterocycles. The molecular weight excluding hydrogens is 412 g/mol. The van der Waals surface area contributed by atoms with Gasteiger partial charge in [-0.1, -0.05) is 111 Å². The van der Waals surface area contributed by atoms with Crippen LogP contribution in [0.2, 0.25) is 0 Å². The first kappa shape index (κ1) is 22.8. The topological polar surface area (TPSA) is 17.1 Å². The predicted octanol–water partition coefficient (Wildman–Crippen LogP) is 8.59.